The minimum Gasteiger partial charge on any atom is -0.492 e. The number of halogens is 1. The molecule has 1 aromatic heterocycles. The van der Waals surface area contributed by atoms with E-state index >= 15 is 0 Å². The van der Waals surface area contributed by atoms with Crippen LogP contribution in [0.25, 0.3) is 10.9 Å². The highest BCUT2D eigenvalue weighted by atomic mass is 35.5. The van der Waals surface area contributed by atoms with Gasteiger partial charge >= 0.3 is 6.09 Å². The van der Waals surface area contributed by atoms with Gasteiger partial charge in [-0.3, -0.25) is 14.8 Å². The lowest BCUT2D eigenvalue weighted by Crippen LogP contribution is -2.43. The summed E-state index contributed by atoms with van der Waals surface area (Å²) >= 11 is 6.03. The zero-order chi connectivity index (χ0) is 23.5. The molecule has 0 aliphatic carbocycles. The third kappa shape index (κ3) is 4.75. The van der Waals surface area contributed by atoms with Crippen LogP contribution < -0.4 is 10.1 Å². The highest BCUT2D eigenvalue weighted by Gasteiger charge is 2.48. The van der Waals surface area contributed by atoms with Crippen molar-refractivity contribution in [1.82, 2.24) is 15.1 Å². The third-order valence-corrected chi connectivity index (χ3v) is 6.00. The van der Waals surface area contributed by atoms with Crippen LogP contribution in [0.15, 0.2) is 79.0 Å². The van der Waals surface area contributed by atoms with Crippen LogP contribution in [-0.4, -0.2) is 34.0 Å². The van der Waals surface area contributed by atoms with Gasteiger partial charge in [0.2, 0.25) is 5.60 Å². The van der Waals surface area contributed by atoms with Gasteiger partial charge in [0, 0.05) is 29.4 Å². The maximum Gasteiger partial charge on any atom is 0.415 e. The van der Waals surface area contributed by atoms with Gasteiger partial charge in [-0.05, 0) is 41.5 Å². The molecule has 1 atom stereocenters. The summed E-state index contributed by atoms with van der Waals surface area (Å²) in [6.45, 7) is 1.03. The predicted octanol–water partition coefficient (Wildman–Crippen LogP) is 4.56. The van der Waals surface area contributed by atoms with Gasteiger partial charge in [-0.15, -0.1) is 0 Å². The summed E-state index contributed by atoms with van der Waals surface area (Å²) in [6.07, 6.45) is 1.79. The fourth-order valence-corrected chi connectivity index (χ4v) is 4.31. The van der Waals surface area contributed by atoms with Crippen molar-refractivity contribution in [1.29, 1.82) is 0 Å². The Kier molecular flexibility index (Phi) is 5.94. The highest BCUT2D eigenvalue weighted by molar-refractivity contribution is 6.31. The van der Waals surface area contributed by atoms with E-state index in [-0.39, 0.29) is 6.42 Å². The SMILES string of the molecule is O=C1NC(=O)C(Cc2ccccc2)(Cc2ccc(OCCn3cc4cc(Cl)ccc4n3)cc2)O1. The standard InChI is InChI=1S/C26H22ClN3O4/c27-21-8-11-23-20(14-21)17-30(29-23)12-13-33-22-9-6-19(7-10-22)16-26(24(31)28-25(32)34-26)15-18-4-2-1-3-5-18/h1-11,14,17H,12-13,15-16H2,(H,28,31,32). The second-order valence-corrected chi connectivity index (χ2v) is 8.70. The molecule has 3 aromatic carbocycles. The molecule has 8 heteroatoms. The van der Waals surface area contributed by atoms with E-state index in [0.29, 0.717) is 30.3 Å². The molecule has 2 heterocycles. The van der Waals surface area contributed by atoms with Crippen LogP contribution in [0.4, 0.5) is 4.79 Å². The summed E-state index contributed by atoms with van der Waals surface area (Å²) in [7, 11) is 0. The molecule has 0 bridgehead atoms. The van der Waals surface area contributed by atoms with Crippen LogP contribution in [0.2, 0.25) is 5.02 Å². The number of nitrogens with zero attached hydrogens (tertiary/aromatic N) is 2. The summed E-state index contributed by atoms with van der Waals surface area (Å²) in [5, 5.41) is 8.45. The normalized spacial score (nSPS) is 17.6. The van der Waals surface area contributed by atoms with Gasteiger partial charge in [-0.2, -0.15) is 5.10 Å². The summed E-state index contributed by atoms with van der Waals surface area (Å²) < 4.78 is 13.2. The summed E-state index contributed by atoms with van der Waals surface area (Å²) in [5.74, 6) is 0.281. The largest absolute Gasteiger partial charge is 0.492 e. The Morgan fingerprint density at radius 3 is 2.41 bits per heavy atom. The van der Waals surface area contributed by atoms with E-state index in [2.05, 4.69) is 10.4 Å². The smallest absolute Gasteiger partial charge is 0.415 e. The maximum atomic E-state index is 12.6. The zero-order valence-electron chi connectivity index (χ0n) is 18.2. The van der Waals surface area contributed by atoms with Crippen molar-refractivity contribution in [2.24, 2.45) is 0 Å². The Morgan fingerprint density at radius 1 is 0.971 bits per heavy atom. The van der Waals surface area contributed by atoms with E-state index in [1.807, 2.05) is 83.7 Å². The average molecular weight is 476 g/mol. The van der Waals surface area contributed by atoms with Crippen LogP contribution in [0, 0.1) is 0 Å². The molecule has 2 amide bonds. The van der Waals surface area contributed by atoms with E-state index in [4.69, 9.17) is 21.1 Å². The number of cyclic esters (lactones) is 1. The molecular formula is C26H22ClN3O4. The van der Waals surface area contributed by atoms with E-state index in [0.717, 1.165) is 22.0 Å². The summed E-state index contributed by atoms with van der Waals surface area (Å²) in [6, 6.07) is 22.6. The number of amides is 2. The Morgan fingerprint density at radius 2 is 1.71 bits per heavy atom. The molecule has 1 aliphatic rings. The molecule has 1 N–H and O–H groups in total. The number of hydrogen-bond acceptors (Lipinski definition) is 5. The second-order valence-electron chi connectivity index (χ2n) is 8.26. The Hall–Kier alpha value is -3.84. The summed E-state index contributed by atoms with van der Waals surface area (Å²) in [5.41, 5.74) is 1.39. The van der Waals surface area contributed by atoms with Crippen LogP contribution >= 0.6 is 11.6 Å². The van der Waals surface area contributed by atoms with Gasteiger partial charge in [0.1, 0.15) is 12.4 Å². The van der Waals surface area contributed by atoms with Gasteiger partial charge in [-0.1, -0.05) is 54.1 Å². The van der Waals surface area contributed by atoms with Crippen molar-refractivity contribution in [2.75, 3.05) is 6.61 Å². The van der Waals surface area contributed by atoms with Gasteiger partial charge in [0.05, 0.1) is 12.1 Å². The fraction of sp³-hybridized carbons (Fsp3) is 0.192. The first-order chi connectivity index (χ1) is 16.5. The number of alkyl carbamates (subject to hydrolysis) is 1. The highest BCUT2D eigenvalue weighted by Crippen LogP contribution is 2.28. The first kappa shape index (κ1) is 22.0. The molecule has 0 saturated carbocycles. The van der Waals surface area contributed by atoms with Crippen LogP contribution in [0.5, 0.6) is 5.75 Å². The molecule has 0 spiro atoms. The first-order valence-electron chi connectivity index (χ1n) is 10.9. The third-order valence-electron chi connectivity index (χ3n) is 5.77. The van der Waals surface area contributed by atoms with Gasteiger partial charge in [0.25, 0.3) is 5.91 Å². The van der Waals surface area contributed by atoms with Crippen molar-refractivity contribution in [3.63, 3.8) is 0 Å². The van der Waals surface area contributed by atoms with Gasteiger partial charge in [-0.25, -0.2) is 4.79 Å². The second kappa shape index (κ2) is 9.19. The number of aromatic nitrogens is 2. The molecule has 7 nitrogen and oxygen atoms in total. The summed E-state index contributed by atoms with van der Waals surface area (Å²) in [4.78, 5) is 24.5. The number of carbonyl (C=O) groups is 2. The molecule has 4 aromatic rings. The topological polar surface area (TPSA) is 82.5 Å². The molecule has 0 radical (unpaired) electrons. The van der Waals surface area contributed by atoms with Crippen LogP contribution in [0.1, 0.15) is 11.1 Å². The Bertz CT molecular complexity index is 1340. The maximum absolute atomic E-state index is 12.6. The fourth-order valence-electron chi connectivity index (χ4n) is 4.13. The Labute approximate surface area is 201 Å². The predicted molar refractivity (Wildman–Crippen MR) is 128 cm³/mol. The lowest BCUT2D eigenvalue weighted by Gasteiger charge is -2.25. The molecule has 1 fully saturated rings. The first-order valence-corrected chi connectivity index (χ1v) is 11.3. The number of fused-ring (bicyclic) bond motifs is 1. The van der Waals surface area contributed by atoms with Crippen molar-refractivity contribution >= 4 is 34.5 Å². The number of benzene rings is 3. The lowest BCUT2D eigenvalue weighted by molar-refractivity contribution is -0.131. The Balaban J connectivity index is 1.22. The number of hydrogen-bond donors (Lipinski definition) is 1. The molecule has 1 aliphatic heterocycles. The van der Waals surface area contributed by atoms with Crippen LogP contribution in [-0.2, 0) is 28.9 Å². The van der Waals surface area contributed by atoms with E-state index in [9.17, 15) is 9.59 Å². The van der Waals surface area contributed by atoms with Crippen LogP contribution in [0.3, 0.4) is 0 Å². The van der Waals surface area contributed by atoms with Gasteiger partial charge < -0.3 is 9.47 Å². The molecule has 5 rings (SSSR count). The van der Waals surface area contributed by atoms with Crippen molar-refractivity contribution in [3.05, 3.63) is 95.1 Å². The minimum absolute atomic E-state index is 0.266. The van der Waals surface area contributed by atoms with E-state index in [1.165, 1.54) is 0 Å². The number of ether oxygens (including phenoxy) is 2. The number of rotatable bonds is 8. The molecule has 1 unspecified atom stereocenters. The van der Waals surface area contributed by atoms with Crippen molar-refractivity contribution in [3.8, 4) is 5.75 Å². The number of carbonyl (C=O) groups excluding carboxylic acids is 2. The van der Waals surface area contributed by atoms with E-state index < -0.39 is 17.6 Å². The zero-order valence-corrected chi connectivity index (χ0v) is 19.0. The molecule has 172 valence electrons. The molecule has 34 heavy (non-hydrogen) atoms. The van der Waals surface area contributed by atoms with Crippen molar-refractivity contribution < 1.29 is 19.1 Å². The molecule has 1 saturated heterocycles. The van der Waals surface area contributed by atoms with Gasteiger partial charge in [0.15, 0.2) is 0 Å². The van der Waals surface area contributed by atoms with Crippen molar-refractivity contribution in [2.45, 2.75) is 25.0 Å². The molecular weight excluding hydrogens is 454 g/mol. The minimum atomic E-state index is -1.27. The van der Waals surface area contributed by atoms with E-state index in [1.54, 1.807) is 0 Å². The monoisotopic (exact) mass is 475 g/mol. The quantitative estimate of drug-likeness (QED) is 0.404. The average Bonchev–Trinajstić information content (AvgIpc) is 3.34. The number of nitrogens with one attached hydrogen (secondary N) is 1. The lowest BCUT2D eigenvalue weighted by atomic mass is 9.87. The number of imide groups is 1.